The predicted molar refractivity (Wildman–Crippen MR) is 131 cm³/mol. The van der Waals surface area contributed by atoms with Crippen LogP contribution >= 0.6 is 7.92 Å². The average molecular weight is 469 g/mol. The topological polar surface area (TPSA) is 46.2 Å². The molecule has 176 valence electrons. The number of hydrogen-bond acceptors (Lipinski definition) is 5. The maximum Gasteiger partial charge on any atom is 0.334 e. The molecule has 0 saturated heterocycles. The van der Waals surface area contributed by atoms with Gasteiger partial charge >= 0.3 is 17.1 Å². The molecular weight excluding hydrogens is 419 g/mol. The molecule has 0 radical (unpaired) electrons. The Balaban J connectivity index is 3.91. The van der Waals surface area contributed by atoms with Crippen molar-refractivity contribution in [3.05, 3.63) is 0 Å². The summed E-state index contributed by atoms with van der Waals surface area (Å²) in [6.07, 6.45) is 14.5. The van der Waals surface area contributed by atoms with E-state index >= 15 is 0 Å². The molecule has 0 amide bonds. The Morgan fingerprint density at radius 3 is 1.24 bits per heavy atom. The van der Waals surface area contributed by atoms with E-state index in [1.807, 2.05) is 7.11 Å². The van der Waals surface area contributed by atoms with Crippen molar-refractivity contribution in [2.24, 2.45) is 0 Å². The van der Waals surface area contributed by atoms with E-state index in [0.29, 0.717) is 0 Å². The normalized spacial score (nSPS) is 12.8. The Morgan fingerprint density at radius 2 is 0.897 bits per heavy atom. The van der Waals surface area contributed by atoms with Crippen molar-refractivity contribution in [3.8, 4) is 0 Å². The van der Waals surface area contributed by atoms with Crippen molar-refractivity contribution < 1.29 is 22.4 Å². The van der Waals surface area contributed by atoms with Crippen LogP contribution in [0.25, 0.3) is 0 Å². The molecule has 0 atom stereocenters. The highest BCUT2D eigenvalue weighted by Gasteiger charge is 2.28. The molecule has 0 aromatic rings. The molecule has 0 unspecified atom stereocenters. The van der Waals surface area contributed by atoms with E-state index in [2.05, 4.69) is 13.1 Å². The fourth-order valence-corrected chi connectivity index (χ4v) is 8.79. The molecule has 0 aromatic carbocycles. The molecule has 0 N–H and O–H groups in total. The SMILES string of the molecule is COCCP(CCCCCC[Si](C)(OC)OC)CCCCCC[Si](C)(OC)OC. The van der Waals surface area contributed by atoms with Crippen LogP contribution in [0.15, 0.2) is 0 Å². The number of unbranched alkanes of at least 4 members (excludes halogenated alkanes) is 6. The van der Waals surface area contributed by atoms with Crippen LogP contribution in [0.1, 0.15) is 51.4 Å². The van der Waals surface area contributed by atoms with Crippen LogP contribution in [0.3, 0.4) is 0 Å². The number of ether oxygens (including phenoxy) is 1. The Bertz CT molecular complexity index is 339. The van der Waals surface area contributed by atoms with E-state index < -0.39 is 17.1 Å². The summed E-state index contributed by atoms with van der Waals surface area (Å²) < 4.78 is 27.7. The van der Waals surface area contributed by atoms with Crippen molar-refractivity contribution in [1.82, 2.24) is 0 Å². The van der Waals surface area contributed by atoms with Crippen molar-refractivity contribution in [2.75, 3.05) is 60.6 Å². The summed E-state index contributed by atoms with van der Waals surface area (Å²) in [5.74, 6) is 0. The molecule has 0 saturated carbocycles. The van der Waals surface area contributed by atoms with Crippen LogP contribution in [0.5, 0.6) is 0 Å². The molecule has 0 spiro atoms. The molecule has 29 heavy (non-hydrogen) atoms. The molecule has 0 aliphatic carbocycles. The van der Waals surface area contributed by atoms with Gasteiger partial charge < -0.3 is 22.4 Å². The van der Waals surface area contributed by atoms with Crippen molar-refractivity contribution in [2.45, 2.75) is 76.5 Å². The molecule has 5 nitrogen and oxygen atoms in total. The molecule has 0 rings (SSSR count). The molecular formula is C21H49O5PSi2. The van der Waals surface area contributed by atoms with Crippen LogP contribution in [0, 0.1) is 0 Å². The fourth-order valence-electron chi connectivity index (χ4n) is 3.40. The Morgan fingerprint density at radius 1 is 0.517 bits per heavy atom. The van der Waals surface area contributed by atoms with Gasteiger partial charge in [0, 0.05) is 35.5 Å². The molecule has 0 aromatic heterocycles. The second-order valence-electron chi connectivity index (χ2n) is 8.25. The minimum atomic E-state index is -1.87. The van der Waals surface area contributed by atoms with Gasteiger partial charge in [0.25, 0.3) is 0 Å². The smallest absolute Gasteiger partial charge is 0.334 e. The van der Waals surface area contributed by atoms with Gasteiger partial charge in [0.15, 0.2) is 0 Å². The monoisotopic (exact) mass is 468 g/mol. The van der Waals surface area contributed by atoms with Gasteiger partial charge in [-0.15, -0.1) is 7.92 Å². The van der Waals surface area contributed by atoms with E-state index in [-0.39, 0.29) is 7.92 Å². The van der Waals surface area contributed by atoms with Gasteiger partial charge in [0.1, 0.15) is 0 Å². The first kappa shape index (κ1) is 29.7. The number of methoxy groups -OCH3 is 1. The zero-order valence-electron chi connectivity index (χ0n) is 20.4. The highest BCUT2D eigenvalue weighted by molar-refractivity contribution is 7.57. The van der Waals surface area contributed by atoms with E-state index in [9.17, 15) is 0 Å². The first-order valence-electron chi connectivity index (χ1n) is 11.3. The van der Waals surface area contributed by atoms with Gasteiger partial charge in [0.05, 0.1) is 6.61 Å². The summed E-state index contributed by atoms with van der Waals surface area (Å²) in [4.78, 5) is 0. The predicted octanol–water partition coefficient (Wildman–Crippen LogP) is 5.97. The van der Waals surface area contributed by atoms with E-state index in [4.69, 9.17) is 22.4 Å². The fraction of sp³-hybridized carbons (Fsp3) is 1.00. The first-order chi connectivity index (χ1) is 13.9. The van der Waals surface area contributed by atoms with Crippen LogP contribution in [0.4, 0.5) is 0 Å². The van der Waals surface area contributed by atoms with Gasteiger partial charge in [-0.25, -0.2) is 0 Å². The molecule has 0 aliphatic rings. The lowest BCUT2D eigenvalue weighted by molar-refractivity contribution is 0.218. The van der Waals surface area contributed by atoms with Gasteiger partial charge in [-0.3, -0.25) is 0 Å². The highest BCUT2D eigenvalue weighted by atomic mass is 31.1. The summed E-state index contributed by atoms with van der Waals surface area (Å²) in [6.45, 7) is 5.23. The van der Waals surface area contributed by atoms with E-state index in [1.165, 1.54) is 69.9 Å². The number of hydrogen-bond donors (Lipinski definition) is 0. The third-order valence-electron chi connectivity index (χ3n) is 6.05. The van der Waals surface area contributed by atoms with Crippen LogP contribution in [0.2, 0.25) is 25.2 Å². The van der Waals surface area contributed by atoms with Crippen LogP contribution < -0.4 is 0 Å². The number of rotatable bonds is 21. The summed E-state index contributed by atoms with van der Waals surface area (Å²) in [7, 11) is 5.36. The minimum Gasteiger partial charge on any atom is -0.398 e. The lowest BCUT2D eigenvalue weighted by Crippen LogP contribution is -2.35. The summed E-state index contributed by atoms with van der Waals surface area (Å²) in [5, 5.41) is 0. The van der Waals surface area contributed by atoms with Crippen LogP contribution in [-0.4, -0.2) is 77.8 Å². The van der Waals surface area contributed by atoms with E-state index in [1.54, 1.807) is 28.4 Å². The molecule has 8 heteroatoms. The summed E-state index contributed by atoms with van der Waals surface area (Å²) in [5.41, 5.74) is 0. The standard InChI is InChI=1S/C21H49O5PSi2/c1-22-16-19-27(17-12-8-10-14-20-28(6,23-2)24-3)18-13-9-11-15-21-29(7,25-4)26-5/h8-21H2,1-7H3. The lowest BCUT2D eigenvalue weighted by atomic mass is 10.2. The third kappa shape index (κ3) is 15.2. The van der Waals surface area contributed by atoms with Crippen molar-refractivity contribution in [3.63, 3.8) is 0 Å². The van der Waals surface area contributed by atoms with Crippen LogP contribution in [-0.2, 0) is 22.4 Å². The first-order valence-corrected chi connectivity index (χ1v) is 18.2. The maximum atomic E-state index is 5.57. The Hall–Kier alpha value is 0.664. The van der Waals surface area contributed by atoms with Gasteiger partial charge in [-0.05, 0) is 56.5 Å². The van der Waals surface area contributed by atoms with Crippen molar-refractivity contribution >= 4 is 25.0 Å². The summed E-state index contributed by atoms with van der Waals surface area (Å²) >= 11 is 0. The lowest BCUT2D eigenvalue weighted by Gasteiger charge is -2.22. The maximum absolute atomic E-state index is 5.57. The van der Waals surface area contributed by atoms with Crippen molar-refractivity contribution in [1.29, 1.82) is 0 Å². The average Bonchev–Trinajstić information content (AvgIpc) is 2.75. The highest BCUT2D eigenvalue weighted by Crippen LogP contribution is 2.38. The van der Waals surface area contributed by atoms with Gasteiger partial charge in [-0.2, -0.15) is 0 Å². The van der Waals surface area contributed by atoms with E-state index in [0.717, 1.165) is 18.7 Å². The minimum absolute atomic E-state index is 0.128. The third-order valence-corrected chi connectivity index (χ3v) is 14.7. The largest absolute Gasteiger partial charge is 0.398 e. The second kappa shape index (κ2) is 18.3. The van der Waals surface area contributed by atoms with Gasteiger partial charge in [-0.1, -0.05) is 38.5 Å². The second-order valence-corrected chi connectivity index (χ2v) is 18.1. The Kier molecular flexibility index (Phi) is 18.7. The molecule has 0 bridgehead atoms. The zero-order valence-corrected chi connectivity index (χ0v) is 23.3. The molecule has 0 aliphatic heterocycles. The Labute approximate surface area is 184 Å². The zero-order chi connectivity index (χ0) is 22.0. The van der Waals surface area contributed by atoms with Gasteiger partial charge in [0.2, 0.25) is 0 Å². The summed E-state index contributed by atoms with van der Waals surface area (Å²) in [6, 6.07) is 2.21. The molecule has 0 heterocycles. The quantitative estimate of drug-likeness (QED) is 0.118. The molecule has 0 fully saturated rings.